The fraction of sp³-hybridized carbons (Fsp3) is 0.474. The molecule has 1 atom stereocenters. The van der Waals surface area contributed by atoms with Gasteiger partial charge in [-0.25, -0.2) is 4.68 Å². The van der Waals surface area contributed by atoms with E-state index in [1.165, 1.54) is 5.56 Å². The quantitative estimate of drug-likeness (QED) is 0.669. The van der Waals surface area contributed by atoms with Crippen LogP contribution in [0.3, 0.4) is 0 Å². The molecule has 3 rings (SSSR count). The van der Waals surface area contributed by atoms with Crippen molar-refractivity contribution in [2.24, 2.45) is 10.9 Å². The van der Waals surface area contributed by atoms with Crippen LogP contribution in [0, 0.1) is 12.8 Å². The maximum absolute atomic E-state index is 5.47. The van der Waals surface area contributed by atoms with E-state index in [1.807, 2.05) is 37.0 Å². The monoisotopic (exact) mass is 341 g/mol. The van der Waals surface area contributed by atoms with Crippen LogP contribution in [0.25, 0.3) is 5.69 Å². The highest BCUT2D eigenvalue weighted by atomic mass is 16.5. The lowest BCUT2D eigenvalue weighted by Gasteiger charge is -2.24. The standard InChI is InChI=1S/C19H27N5O/c1-15-8-10-24(22-15)18-7-5-4-6-17(18)12-21-19(20-2)23(3)13-16-9-11-25-14-16/h4-8,10,16H,9,11-14H2,1-3H3,(H,20,21). The van der Waals surface area contributed by atoms with Crippen molar-refractivity contribution < 1.29 is 4.74 Å². The number of para-hydroxylation sites is 1. The molecule has 0 aliphatic carbocycles. The maximum Gasteiger partial charge on any atom is 0.193 e. The van der Waals surface area contributed by atoms with Crippen molar-refractivity contribution in [2.45, 2.75) is 19.9 Å². The minimum atomic E-state index is 0.586. The molecule has 1 aliphatic rings. The Kier molecular flexibility index (Phi) is 5.71. The highest BCUT2D eigenvalue weighted by Gasteiger charge is 2.19. The Morgan fingerprint density at radius 2 is 2.24 bits per heavy atom. The summed E-state index contributed by atoms with van der Waals surface area (Å²) in [5.74, 6) is 1.49. The third kappa shape index (κ3) is 4.39. The van der Waals surface area contributed by atoms with Gasteiger partial charge in [0.2, 0.25) is 0 Å². The van der Waals surface area contributed by atoms with Crippen LogP contribution >= 0.6 is 0 Å². The Morgan fingerprint density at radius 3 is 2.92 bits per heavy atom. The van der Waals surface area contributed by atoms with Crippen molar-refractivity contribution >= 4 is 5.96 Å². The molecule has 1 saturated heterocycles. The summed E-state index contributed by atoms with van der Waals surface area (Å²) < 4.78 is 7.40. The molecule has 1 aliphatic heterocycles. The van der Waals surface area contributed by atoms with Crippen LogP contribution in [0.5, 0.6) is 0 Å². The van der Waals surface area contributed by atoms with Gasteiger partial charge in [0.25, 0.3) is 0 Å². The minimum Gasteiger partial charge on any atom is -0.381 e. The molecular weight excluding hydrogens is 314 g/mol. The van der Waals surface area contributed by atoms with Gasteiger partial charge in [-0.05, 0) is 31.0 Å². The summed E-state index contributed by atoms with van der Waals surface area (Å²) >= 11 is 0. The molecule has 6 heteroatoms. The number of hydrogen-bond donors (Lipinski definition) is 1. The number of aryl methyl sites for hydroxylation is 1. The summed E-state index contributed by atoms with van der Waals surface area (Å²) in [5, 5.41) is 8.00. The average Bonchev–Trinajstić information content (AvgIpc) is 3.27. The second-order valence-corrected chi connectivity index (χ2v) is 6.54. The van der Waals surface area contributed by atoms with E-state index >= 15 is 0 Å². The van der Waals surface area contributed by atoms with Gasteiger partial charge in [0.15, 0.2) is 5.96 Å². The number of guanidine groups is 1. The molecule has 6 nitrogen and oxygen atoms in total. The first kappa shape index (κ1) is 17.5. The van der Waals surface area contributed by atoms with Crippen molar-refractivity contribution in [3.63, 3.8) is 0 Å². The number of nitrogens with zero attached hydrogens (tertiary/aromatic N) is 4. The van der Waals surface area contributed by atoms with E-state index in [9.17, 15) is 0 Å². The molecule has 1 fully saturated rings. The zero-order valence-electron chi connectivity index (χ0n) is 15.3. The van der Waals surface area contributed by atoms with Crippen LogP contribution in [0.4, 0.5) is 0 Å². The zero-order chi connectivity index (χ0) is 17.6. The Balaban J connectivity index is 1.66. The SMILES string of the molecule is CN=C(NCc1ccccc1-n1ccc(C)n1)N(C)CC1CCOC1. The largest absolute Gasteiger partial charge is 0.381 e. The van der Waals surface area contributed by atoms with Crippen molar-refractivity contribution in [2.75, 3.05) is 33.9 Å². The van der Waals surface area contributed by atoms with Crippen molar-refractivity contribution in [3.8, 4) is 5.69 Å². The van der Waals surface area contributed by atoms with Gasteiger partial charge in [-0.15, -0.1) is 0 Å². The van der Waals surface area contributed by atoms with E-state index in [0.717, 1.165) is 43.5 Å². The number of aromatic nitrogens is 2. The second kappa shape index (κ2) is 8.16. The molecule has 1 aromatic heterocycles. The van der Waals surface area contributed by atoms with Gasteiger partial charge in [-0.1, -0.05) is 18.2 Å². The maximum atomic E-state index is 5.47. The molecule has 0 bridgehead atoms. The van der Waals surface area contributed by atoms with Crippen molar-refractivity contribution in [1.29, 1.82) is 0 Å². The van der Waals surface area contributed by atoms with Gasteiger partial charge in [0.05, 0.1) is 18.0 Å². The fourth-order valence-electron chi connectivity index (χ4n) is 3.19. The van der Waals surface area contributed by atoms with Gasteiger partial charge in [0.1, 0.15) is 0 Å². The Morgan fingerprint density at radius 1 is 1.40 bits per heavy atom. The molecule has 2 heterocycles. The van der Waals surface area contributed by atoms with E-state index < -0.39 is 0 Å². The first-order valence-electron chi connectivity index (χ1n) is 8.77. The van der Waals surface area contributed by atoms with Gasteiger partial charge < -0.3 is 15.0 Å². The van der Waals surface area contributed by atoms with Gasteiger partial charge in [-0.3, -0.25) is 4.99 Å². The lowest BCUT2D eigenvalue weighted by molar-refractivity contribution is 0.181. The molecule has 0 saturated carbocycles. The predicted molar refractivity (Wildman–Crippen MR) is 100 cm³/mol. The first-order valence-corrected chi connectivity index (χ1v) is 8.77. The molecule has 134 valence electrons. The molecule has 0 amide bonds. The van der Waals surface area contributed by atoms with Crippen molar-refractivity contribution in [3.05, 3.63) is 47.8 Å². The van der Waals surface area contributed by atoms with Crippen LogP contribution in [-0.4, -0.2) is 54.5 Å². The molecule has 0 spiro atoms. The van der Waals surface area contributed by atoms with E-state index in [4.69, 9.17) is 4.74 Å². The number of ether oxygens (including phenoxy) is 1. The summed E-state index contributed by atoms with van der Waals surface area (Å²) in [6, 6.07) is 10.3. The Hall–Kier alpha value is -2.34. The topological polar surface area (TPSA) is 54.7 Å². The van der Waals surface area contributed by atoms with E-state index in [0.29, 0.717) is 12.5 Å². The summed E-state index contributed by atoms with van der Waals surface area (Å²) in [6.07, 6.45) is 3.12. The minimum absolute atomic E-state index is 0.586. The molecule has 1 unspecified atom stereocenters. The molecule has 1 N–H and O–H groups in total. The molecule has 25 heavy (non-hydrogen) atoms. The number of aliphatic imine (C=N–C) groups is 1. The second-order valence-electron chi connectivity index (χ2n) is 6.54. The normalized spacial score (nSPS) is 17.7. The average molecular weight is 341 g/mol. The van der Waals surface area contributed by atoms with E-state index in [2.05, 4.69) is 45.6 Å². The highest BCUT2D eigenvalue weighted by molar-refractivity contribution is 5.79. The smallest absolute Gasteiger partial charge is 0.193 e. The van der Waals surface area contributed by atoms with Crippen molar-refractivity contribution in [1.82, 2.24) is 20.0 Å². The van der Waals surface area contributed by atoms with Crippen LogP contribution in [0.2, 0.25) is 0 Å². The van der Waals surface area contributed by atoms with Gasteiger partial charge in [0, 0.05) is 45.9 Å². The van der Waals surface area contributed by atoms with Crippen LogP contribution < -0.4 is 5.32 Å². The fourth-order valence-corrected chi connectivity index (χ4v) is 3.19. The van der Waals surface area contributed by atoms with Crippen LogP contribution in [0.1, 0.15) is 17.7 Å². The molecule has 1 aromatic carbocycles. The van der Waals surface area contributed by atoms with E-state index in [-0.39, 0.29) is 0 Å². The van der Waals surface area contributed by atoms with Gasteiger partial charge in [-0.2, -0.15) is 5.10 Å². The number of rotatable bonds is 5. The molecule has 2 aromatic rings. The van der Waals surface area contributed by atoms with Crippen LogP contribution in [0.15, 0.2) is 41.5 Å². The highest BCUT2D eigenvalue weighted by Crippen LogP contribution is 2.15. The molecule has 0 radical (unpaired) electrons. The first-order chi connectivity index (χ1) is 12.2. The number of nitrogens with one attached hydrogen (secondary N) is 1. The zero-order valence-corrected chi connectivity index (χ0v) is 15.3. The Bertz CT molecular complexity index is 718. The summed E-state index contributed by atoms with van der Waals surface area (Å²) in [6.45, 7) is 5.39. The third-order valence-electron chi connectivity index (χ3n) is 4.53. The van der Waals surface area contributed by atoms with Gasteiger partial charge >= 0.3 is 0 Å². The lowest BCUT2D eigenvalue weighted by Crippen LogP contribution is -2.41. The Labute approximate surface area is 149 Å². The summed E-state index contributed by atoms with van der Waals surface area (Å²) in [7, 11) is 3.91. The molecular formula is C19H27N5O. The van der Waals surface area contributed by atoms with E-state index in [1.54, 1.807) is 0 Å². The third-order valence-corrected chi connectivity index (χ3v) is 4.53. The lowest BCUT2D eigenvalue weighted by atomic mass is 10.1. The summed E-state index contributed by atoms with van der Waals surface area (Å²) in [5.41, 5.74) is 3.28. The predicted octanol–water partition coefficient (Wildman–Crippen LogP) is 2.22. The van der Waals surface area contributed by atoms with Crippen LogP contribution in [-0.2, 0) is 11.3 Å². The number of hydrogen-bond acceptors (Lipinski definition) is 3. The number of benzene rings is 1. The summed E-state index contributed by atoms with van der Waals surface area (Å²) in [4.78, 5) is 6.60.